The molecule has 0 unspecified atom stereocenters. The van der Waals surface area contributed by atoms with Gasteiger partial charge in [-0.15, -0.1) is 0 Å². The van der Waals surface area contributed by atoms with Crippen molar-refractivity contribution in [1.29, 1.82) is 0 Å². The van der Waals surface area contributed by atoms with E-state index >= 15 is 0 Å². The molecule has 1 aliphatic heterocycles. The third-order valence-electron chi connectivity index (χ3n) is 5.81. The van der Waals surface area contributed by atoms with Crippen LogP contribution < -0.4 is 10.1 Å². The molecule has 2 N–H and O–H groups in total. The van der Waals surface area contributed by atoms with Gasteiger partial charge < -0.3 is 19.3 Å². The summed E-state index contributed by atoms with van der Waals surface area (Å²) in [7, 11) is -1.49. The minimum atomic E-state index is -3.60. The van der Waals surface area contributed by atoms with Crippen LogP contribution in [0.5, 0.6) is 5.88 Å². The number of hydrogen-bond acceptors (Lipinski definition) is 11. The molecule has 37 heavy (non-hydrogen) atoms. The van der Waals surface area contributed by atoms with Crippen molar-refractivity contribution in [2.24, 2.45) is 5.92 Å². The van der Waals surface area contributed by atoms with E-state index < -0.39 is 27.3 Å². The molecule has 3 aromatic rings. The summed E-state index contributed by atoms with van der Waals surface area (Å²) < 4.78 is 44.0. The Morgan fingerprint density at radius 2 is 2.03 bits per heavy atom. The summed E-state index contributed by atoms with van der Waals surface area (Å²) in [6.07, 6.45) is -0.0550. The van der Waals surface area contributed by atoms with E-state index in [-0.39, 0.29) is 41.1 Å². The monoisotopic (exact) mass is 551 g/mol. The van der Waals surface area contributed by atoms with Gasteiger partial charge in [-0.25, -0.2) is 13.4 Å². The first kappa shape index (κ1) is 27.3. The average Bonchev–Trinajstić information content (AvgIpc) is 3.47. The number of nitrogens with one attached hydrogen (secondary N) is 1. The highest BCUT2D eigenvalue weighted by molar-refractivity contribution is 8.72. The smallest absolute Gasteiger partial charge is 0.246 e. The molecule has 12 nitrogen and oxygen atoms in total. The highest BCUT2D eigenvalue weighted by Crippen LogP contribution is 2.35. The van der Waals surface area contributed by atoms with E-state index in [1.165, 1.54) is 13.4 Å². The van der Waals surface area contributed by atoms with E-state index in [1.807, 2.05) is 6.92 Å². The van der Waals surface area contributed by atoms with Crippen molar-refractivity contribution in [3.8, 4) is 5.88 Å². The topological polar surface area (TPSA) is 155 Å². The van der Waals surface area contributed by atoms with Crippen LogP contribution in [0.3, 0.4) is 0 Å². The number of methoxy groups -OCH3 is 1. The summed E-state index contributed by atoms with van der Waals surface area (Å²) >= 11 is 0. The number of aliphatic hydroxyl groups excluding tert-OH is 1. The number of aromatic nitrogens is 4. The molecule has 0 radical (unpaired) electrons. The van der Waals surface area contributed by atoms with E-state index in [4.69, 9.17) is 14.2 Å². The zero-order chi connectivity index (χ0) is 26.7. The fourth-order valence-corrected chi connectivity index (χ4v) is 5.97. The van der Waals surface area contributed by atoms with Crippen LogP contribution in [0.1, 0.15) is 32.1 Å². The van der Waals surface area contributed by atoms with Gasteiger partial charge in [0, 0.05) is 23.1 Å². The van der Waals surface area contributed by atoms with E-state index in [2.05, 4.69) is 20.3 Å². The molecule has 1 fully saturated rings. The van der Waals surface area contributed by atoms with Crippen molar-refractivity contribution in [2.75, 3.05) is 25.0 Å². The van der Waals surface area contributed by atoms with Crippen LogP contribution in [0, 0.1) is 12.8 Å². The molecule has 0 bridgehead atoms. The molecule has 1 amide bonds. The Balaban J connectivity index is 1.49. The maximum atomic E-state index is 12.6. The summed E-state index contributed by atoms with van der Waals surface area (Å²) in [5, 5.41) is 12.5. The van der Waals surface area contributed by atoms with E-state index in [1.54, 1.807) is 42.7 Å². The van der Waals surface area contributed by atoms with Crippen molar-refractivity contribution >= 4 is 42.7 Å². The van der Waals surface area contributed by atoms with Gasteiger partial charge in [0.1, 0.15) is 18.3 Å². The van der Waals surface area contributed by atoms with E-state index in [9.17, 15) is 18.3 Å². The number of ether oxygens (including phenoxy) is 3. The third-order valence-corrected chi connectivity index (χ3v) is 9.00. The molecule has 2 aromatic heterocycles. The van der Waals surface area contributed by atoms with Crippen LogP contribution in [-0.2, 0) is 23.1 Å². The first-order valence-electron chi connectivity index (χ1n) is 11.6. The van der Waals surface area contributed by atoms with Gasteiger partial charge in [0.2, 0.25) is 26.6 Å². The number of aryl methyl sites for hydroxylation is 1. The van der Waals surface area contributed by atoms with Crippen LogP contribution in [0.15, 0.2) is 35.5 Å². The first-order valence-corrected chi connectivity index (χ1v) is 14.5. The number of benzene rings is 1. The molecule has 0 spiro atoms. The second-order valence-electron chi connectivity index (χ2n) is 8.78. The summed E-state index contributed by atoms with van der Waals surface area (Å²) in [5.41, 5.74) is 1.70. The van der Waals surface area contributed by atoms with Crippen molar-refractivity contribution in [1.82, 2.24) is 19.5 Å². The molecule has 0 saturated carbocycles. The summed E-state index contributed by atoms with van der Waals surface area (Å²) in [6.45, 7) is 5.06. The number of carbonyl (C=O) groups excluding carboxylic acids is 1. The van der Waals surface area contributed by atoms with Crippen molar-refractivity contribution in [3.05, 3.63) is 36.2 Å². The Morgan fingerprint density at radius 3 is 2.68 bits per heavy atom. The molecule has 3 heterocycles. The predicted molar refractivity (Wildman–Crippen MR) is 137 cm³/mol. The SMILES string of the molecule is COc1nc(NC(=O)C(C)C)nc2c1ncn2[C@H]1C[C@H](OCSS(=O)(=O)c2ccc(C)cc2)[C@@H](CO)O1. The van der Waals surface area contributed by atoms with Gasteiger partial charge in [0.05, 0.1) is 31.0 Å². The van der Waals surface area contributed by atoms with Crippen LogP contribution in [0.2, 0.25) is 0 Å². The lowest BCUT2D eigenvalue weighted by molar-refractivity contribution is -0.118. The highest BCUT2D eigenvalue weighted by Gasteiger charge is 2.38. The summed E-state index contributed by atoms with van der Waals surface area (Å²) in [6, 6.07) is 6.58. The number of nitrogens with zero attached hydrogens (tertiary/aromatic N) is 4. The standard InChI is InChI=1S/C23H29N5O7S2/c1-13(2)21(30)26-23-25-20-19(22(27-23)33-4)24-11-28(20)18-9-16(17(10-29)35-18)34-12-36-37(31,32)15-7-5-14(3)6-8-15/h5-8,11,13,16-18,29H,9-10,12H2,1-4H3,(H,25,26,27,30)/t16-,17+,18+/m0/s1. The molecule has 14 heteroatoms. The molecular formula is C23H29N5O7S2. The molecular weight excluding hydrogens is 522 g/mol. The van der Waals surface area contributed by atoms with Gasteiger partial charge in [0.25, 0.3) is 0 Å². The number of aliphatic hydroxyl groups is 1. The Labute approximate surface area is 218 Å². The number of amides is 1. The summed E-state index contributed by atoms with van der Waals surface area (Å²) in [5.74, 6) is -0.419. The maximum Gasteiger partial charge on any atom is 0.246 e. The van der Waals surface area contributed by atoms with Crippen molar-refractivity contribution in [3.63, 3.8) is 0 Å². The number of carbonyl (C=O) groups is 1. The third kappa shape index (κ3) is 6.04. The maximum absolute atomic E-state index is 12.6. The second-order valence-corrected chi connectivity index (χ2v) is 12.7. The predicted octanol–water partition coefficient (Wildman–Crippen LogP) is 2.48. The van der Waals surface area contributed by atoms with Crippen LogP contribution in [0.25, 0.3) is 11.2 Å². The van der Waals surface area contributed by atoms with E-state index in [0.717, 1.165) is 5.56 Å². The van der Waals surface area contributed by atoms with Crippen LogP contribution in [0.4, 0.5) is 5.95 Å². The Bertz CT molecular complexity index is 1360. The fourth-order valence-electron chi connectivity index (χ4n) is 3.72. The molecule has 4 rings (SSSR count). The first-order chi connectivity index (χ1) is 17.6. The minimum absolute atomic E-state index is 0.0621. The largest absolute Gasteiger partial charge is 0.479 e. The lowest BCUT2D eigenvalue weighted by Gasteiger charge is -2.16. The van der Waals surface area contributed by atoms with Gasteiger partial charge in [-0.05, 0) is 19.1 Å². The minimum Gasteiger partial charge on any atom is -0.479 e. The number of imidazole rings is 1. The van der Waals surface area contributed by atoms with Gasteiger partial charge in [-0.2, -0.15) is 9.97 Å². The molecule has 1 saturated heterocycles. The van der Waals surface area contributed by atoms with Gasteiger partial charge in [-0.3, -0.25) is 14.7 Å². The number of anilines is 1. The molecule has 0 aliphatic carbocycles. The molecule has 200 valence electrons. The number of fused-ring (bicyclic) bond motifs is 1. The Kier molecular flexibility index (Phi) is 8.33. The lowest BCUT2D eigenvalue weighted by atomic mass is 10.2. The zero-order valence-corrected chi connectivity index (χ0v) is 22.5. The second kappa shape index (κ2) is 11.3. The molecule has 3 atom stereocenters. The van der Waals surface area contributed by atoms with Crippen LogP contribution in [-0.4, -0.2) is 70.8 Å². The van der Waals surface area contributed by atoms with E-state index in [0.29, 0.717) is 28.4 Å². The number of hydrogen-bond donors (Lipinski definition) is 2. The number of rotatable bonds is 10. The average molecular weight is 552 g/mol. The van der Waals surface area contributed by atoms with Gasteiger partial charge in [-0.1, -0.05) is 31.5 Å². The highest BCUT2D eigenvalue weighted by atomic mass is 33.1. The molecule has 1 aliphatic rings. The Morgan fingerprint density at radius 1 is 1.30 bits per heavy atom. The fraction of sp³-hybridized carbons (Fsp3) is 0.478. The Hall–Kier alpha value is -2.78. The normalized spacial score (nSPS) is 20.0. The van der Waals surface area contributed by atoms with Gasteiger partial charge >= 0.3 is 0 Å². The zero-order valence-electron chi connectivity index (χ0n) is 20.8. The quantitative estimate of drug-likeness (QED) is 0.282. The molecule has 1 aromatic carbocycles. The van der Waals surface area contributed by atoms with Crippen molar-refractivity contribution in [2.45, 2.75) is 50.5 Å². The van der Waals surface area contributed by atoms with Gasteiger partial charge in [0.15, 0.2) is 11.2 Å². The summed E-state index contributed by atoms with van der Waals surface area (Å²) in [4.78, 5) is 25.3. The van der Waals surface area contributed by atoms with Crippen LogP contribution >= 0.6 is 10.8 Å². The lowest BCUT2D eigenvalue weighted by Crippen LogP contribution is -2.27. The van der Waals surface area contributed by atoms with Crippen molar-refractivity contribution < 1.29 is 32.5 Å².